The van der Waals surface area contributed by atoms with Crippen LogP contribution in [0.3, 0.4) is 0 Å². The quantitative estimate of drug-likeness (QED) is 0.658. The van der Waals surface area contributed by atoms with Gasteiger partial charge in [-0.15, -0.1) is 0 Å². The van der Waals surface area contributed by atoms with Crippen LogP contribution < -0.4 is 5.32 Å². The smallest absolute Gasteiger partial charge is 0.314 e. The fraction of sp³-hybridized carbons (Fsp3) is 0.667. The summed E-state index contributed by atoms with van der Waals surface area (Å²) in [6.07, 6.45) is 4.85. The normalized spacial score (nSPS) is 20.0. The highest BCUT2D eigenvalue weighted by molar-refractivity contribution is 5.59. The van der Waals surface area contributed by atoms with Gasteiger partial charge in [0.15, 0.2) is 0 Å². The Morgan fingerprint density at radius 1 is 1.38 bits per heavy atom. The molecule has 0 bridgehead atoms. The Balaban J connectivity index is 2.07. The molecule has 2 N–H and O–H groups in total. The summed E-state index contributed by atoms with van der Waals surface area (Å²) in [5, 5.41) is 24.7. The van der Waals surface area contributed by atoms with Crippen molar-refractivity contribution in [3.63, 3.8) is 0 Å². The van der Waals surface area contributed by atoms with Crippen LogP contribution in [-0.4, -0.2) is 27.2 Å². The lowest BCUT2D eigenvalue weighted by molar-refractivity contribution is -0.384. The number of nitrogens with zero attached hydrogens (tertiary/aromatic N) is 2. The van der Waals surface area contributed by atoms with Gasteiger partial charge in [-0.3, -0.25) is 10.1 Å². The third kappa shape index (κ3) is 3.69. The maximum absolute atomic E-state index is 11.1. The molecule has 1 aliphatic carbocycles. The molecule has 0 saturated heterocycles. The third-order valence-corrected chi connectivity index (χ3v) is 4.43. The molecule has 6 nitrogen and oxygen atoms in total. The molecule has 0 aromatic carbocycles. The minimum absolute atomic E-state index is 0.0164. The van der Waals surface area contributed by atoms with Crippen molar-refractivity contribution in [2.75, 3.05) is 11.9 Å². The number of aromatic nitrogens is 1. The molecule has 0 unspecified atom stereocenters. The number of pyridine rings is 1. The molecule has 21 heavy (non-hydrogen) atoms. The van der Waals surface area contributed by atoms with Crippen LogP contribution in [0.4, 0.5) is 11.5 Å². The number of aryl methyl sites for hydroxylation is 1. The van der Waals surface area contributed by atoms with E-state index < -0.39 is 10.5 Å². The van der Waals surface area contributed by atoms with Gasteiger partial charge in [-0.2, -0.15) is 0 Å². The topological polar surface area (TPSA) is 88.3 Å². The van der Waals surface area contributed by atoms with Crippen LogP contribution in [0, 0.1) is 22.5 Å². The Hall–Kier alpha value is -1.69. The van der Waals surface area contributed by atoms with Crippen LogP contribution in [-0.2, 0) is 0 Å². The molecule has 0 radical (unpaired) electrons. The lowest BCUT2D eigenvalue weighted by Crippen LogP contribution is -2.42. The monoisotopic (exact) mass is 293 g/mol. The molecule has 1 aromatic heterocycles. The van der Waals surface area contributed by atoms with E-state index in [1.165, 1.54) is 0 Å². The van der Waals surface area contributed by atoms with E-state index in [0.29, 0.717) is 24.9 Å². The maximum atomic E-state index is 11.1. The summed E-state index contributed by atoms with van der Waals surface area (Å²) in [5.41, 5.74) is 0.000694. The number of nitrogens with one attached hydrogen (secondary N) is 1. The largest absolute Gasteiger partial charge is 0.388 e. The van der Waals surface area contributed by atoms with Crippen LogP contribution in [0.15, 0.2) is 12.3 Å². The van der Waals surface area contributed by atoms with Crippen LogP contribution in [0.1, 0.15) is 45.1 Å². The fourth-order valence-electron chi connectivity index (χ4n) is 2.73. The van der Waals surface area contributed by atoms with Crippen LogP contribution in [0.25, 0.3) is 0 Å². The molecule has 1 saturated carbocycles. The van der Waals surface area contributed by atoms with Gasteiger partial charge in [0.25, 0.3) is 0 Å². The summed E-state index contributed by atoms with van der Waals surface area (Å²) in [6.45, 7) is 6.38. The van der Waals surface area contributed by atoms with Gasteiger partial charge in [-0.05, 0) is 44.1 Å². The highest BCUT2D eigenvalue weighted by Crippen LogP contribution is 2.40. The average molecular weight is 293 g/mol. The molecular weight excluding hydrogens is 270 g/mol. The Morgan fingerprint density at radius 3 is 2.57 bits per heavy atom. The van der Waals surface area contributed by atoms with E-state index in [1.54, 1.807) is 19.2 Å². The maximum Gasteiger partial charge on any atom is 0.314 e. The van der Waals surface area contributed by atoms with E-state index in [4.69, 9.17) is 0 Å². The highest BCUT2D eigenvalue weighted by Gasteiger charge is 2.37. The molecule has 1 fully saturated rings. The summed E-state index contributed by atoms with van der Waals surface area (Å²) < 4.78 is 0. The molecule has 2 rings (SSSR count). The zero-order chi connectivity index (χ0) is 15.7. The summed E-state index contributed by atoms with van der Waals surface area (Å²) in [6, 6.07) is 1.61. The summed E-state index contributed by atoms with van der Waals surface area (Å²) in [7, 11) is 0. The van der Waals surface area contributed by atoms with Crippen molar-refractivity contribution >= 4 is 11.5 Å². The molecule has 0 spiro atoms. The second-order valence-corrected chi connectivity index (χ2v) is 6.82. The van der Waals surface area contributed by atoms with Gasteiger partial charge >= 0.3 is 5.69 Å². The van der Waals surface area contributed by atoms with Crippen molar-refractivity contribution in [2.45, 2.75) is 52.1 Å². The van der Waals surface area contributed by atoms with Crippen LogP contribution in [0.5, 0.6) is 0 Å². The van der Waals surface area contributed by atoms with E-state index in [1.807, 2.05) is 0 Å². The minimum atomic E-state index is -0.811. The number of hydrogen-bond acceptors (Lipinski definition) is 5. The van der Waals surface area contributed by atoms with E-state index >= 15 is 0 Å². The molecule has 0 aliphatic heterocycles. The van der Waals surface area contributed by atoms with Crippen molar-refractivity contribution in [1.29, 1.82) is 0 Å². The first-order valence-electron chi connectivity index (χ1n) is 7.29. The predicted octanol–water partition coefficient (Wildman–Crippen LogP) is 3.04. The molecule has 6 heteroatoms. The molecule has 116 valence electrons. The van der Waals surface area contributed by atoms with Crippen LogP contribution in [0.2, 0.25) is 0 Å². The zero-order valence-corrected chi connectivity index (χ0v) is 12.8. The van der Waals surface area contributed by atoms with Crippen molar-refractivity contribution in [2.24, 2.45) is 5.41 Å². The fourth-order valence-corrected chi connectivity index (χ4v) is 2.73. The standard InChI is InChI=1S/C15H23N3O3/c1-11-4-9-16-13(12(11)18(20)21)17-10-15(19)7-5-14(2,3)6-8-15/h4,9,19H,5-8,10H2,1-3H3,(H,16,17). The van der Waals surface area contributed by atoms with E-state index in [0.717, 1.165) is 12.8 Å². The zero-order valence-electron chi connectivity index (χ0n) is 12.8. The molecule has 1 aliphatic rings. The Labute approximate surface area is 124 Å². The molecule has 0 atom stereocenters. The number of nitro groups is 1. The summed E-state index contributed by atoms with van der Waals surface area (Å²) >= 11 is 0. The van der Waals surface area contributed by atoms with Crippen molar-refractivity contribution < 1.29 is 10.0 Å². The number of rotatable bonds is 4. The van der Waals surface area contributed by atoms with Crippen molar-refractivity contribution in [1.82, 2.24) is 4.98 Å². The van der Waals surface area contributed by atoms with Gasteiger partial charge in [0.2, 0.25) is 5.82 Å². The van der Waals surface area contributed by atoms with E-state index in [-0.39, 0.29) is 16.9 Å². The van der Waals surface area contributed by atoms with Gasteiger partial charge in [0.1, 0.15) is 0 Å². The molecule has 0 amide bonds. The van der Waals surface area contributed by atoms with E-state index in [2.05, 4.69) is 24.1 Å². The lowest BCUT2D eigenvalue weighted by Gasteiger charge is -2.40. The summed E-state index contributed by atoms with van der Waals surface area (Å²) in [5.74, 6) is 0.234. The first kappa shape index (κ1) is 15.7. The SMILES string of the molecule is Cc1ccnc(NCC2(O)CCC(C)(C)CC2)c1[N+](=O)[O-]. The Kier molecular flexibility index (Phi) is 4.18. The van der Waals surface area contributed by atoms with Gasteiger partial charge in [-0.25, -0.2) is 4.98 Å². The lowest BCUT2D eigenvalue weighted by atomic mass is 9.71. The second kappa shape index (κ2) is 5.60. The third-order valence-electron chi connectivity index (χ3n) is 4.43. The number of anilines is 1. The van der Waals surface area contributed by atoms with Crippen LogP contribution >= 0.6 is 0 Å². The van der Waals surface area contributed by atoms with Gasteiger partial charge in [0.05, 0.1) is 10.5 Å². The minimum Gasteiger partial charge on any atom is -0.388 e. The second-order valence-electron chi connectivity index (χ2n) is 6.82. The van der Waals surface area contributed by atoms with Gasteiger partial charge in [-0.1, -0.05) is 13.8 Å². The first-order chi connectivity index (χ1) is 9.72. The Morgan fingerprint density at radius 2 is 2.00 bits per heavy atom. The van der Waals surface area contributed by atoms with Gasteiger partial charge < -0.3 is 10.4 Å². The summed E-state index contributed by atoms with van der Waals surface area (Å²) in [4.78, 5) is 14.7. The van der Waals surface area contributed by atoms with Gasteiger partial charge in [0, 0.05) is 18.3 Å². The molecule has 1 aromatic rings. The highest BCUT2D eigenvalue weighted by atomic mass is 16.6. The Bertz CT molecular complexity index is 533. The first-order valence-corrected chi connectivity index (χ1v) is 7.29. The van der Waals surface area contributed by atoms with E-state index in [9.17, 15) is 15.2 Å². The molecular formula is C15H23N3O3. The predicted molar refractivity (Wildman–Crippen MR) is 81.3 cm³/mol. The number of aliphatic hydroxyl groups is 1. The molecule has 1 heterocycles. The van der Waals surface area contributed by atoms with Crippen molar-refractivity contribution in [3.05, 3.63) is 27.9 Å². The average Bonchev–Trinajstić information content (AvgIpc) is 2.40. The number of hydrogen-bond donors (Lipinski definition) is 2. The van der Waals surface area contributed by atoms with Crippen molar-refractivity contribution in [3.8, 4) is 0 Å².